The standard InChI is InChI=1S/C30H25N2OPS/c1-23-31-29(33)28(30(32-23)35-22-24-14-6-2-7-15-24)34(25-16-8-3-9-17-25,26-18-10-4-11-19-26)27-20-12-5-13-21-27/h2-21H,22H2,1H3. The lowest BCUT2D eigenvalue weighted by atomic mass is 10.2. The third-order valence-electron chi connectivity index (χ3n) is 5.92. The summed E-state index contributed by atoms with van der Waals surface area (Å²) < 4.78 is 0. The lowest BCUT2D eigenvalue weighted by Crippen LogP contribution is -2.38. The van der Waals surface area contributed by atoms with Crippen LogP contribution in [-0.4, -0.2) is 22.1 Å². The van der Waals surface area contributed by atoms with Gasteiger partial charge < -0.3 is 0 Å². The van der Waals surface area contributed by atoms with Gasteiger partial charge >= 0.3 is 0 Å². The Balaban J connectivity index is 1.86. The van der Waals surface area contributed by atoms with Crippen molar-refractivity contribution in [3.8, 4) is 0 Å². The van der Waals surface area contributed by atoms with E-state index in [9.17, 15) is 4.79 Å². The Morgan fingerprint density at radius 1 is 0.629 bits per heavy atom. The lowest BCUT2D eigenvalue weighted by Gasteiger charge is -2.32. The molecule has 0 saturated heterocycles. The third-order valence-corrected chi connectivity index (χ3v) is 11.4. The highest BCUT2D eigenvalue weighted by Gasteiger charge is 2.37. The van der Waals surface area contributed by atoms with Crippen molar-refractivity contribution < 1.29 is 4.79 Å². The van der Waals surface area contributed by atoms with Gasteiger partial charge in [0.25, 0.3) is 5.91 Å². The fourth-order valence-electron chi connectivity index (χ4n) is 4.42. The Bertz CT molecular complexity index is 1340. The van der Waals surface area contributed by atoms with Gasteiger partial charge in [-0.15, -0.1) is 11.8 Å². The first kappa shape index (κ1) is 23.3. The summed E-state index contributed by atoms with van der Waals surface area (Å²) in [6.45, 7) is -0.783. The van der Waals surface area contributed by atoms with E-state index in [2.05, 4.69) is 53.5 Å². The number of amides is 1. The van der Waals surface area contributed by atoms with Crippen LogP contribution in [0.4, 0.5) is 0 Å². The van der Waals surface area contributed by atoms with Crippen molar-refractivity contribution in [3.63, 3.8) is 0 Å². The van der Waals surface area contributed by atoms with E-state index in [4.69, 9.17) is 4.99 Å². The van der Waals surface area contributed by atoms with Crippen LogP contribution in [0, 0.1) is 0 Å². The zero-order valence-electron chi connectivity index (χ0n) is 19.4. The molecule has 5 rings (SSSR count). The van der Waals surface area contributed by atoms with Crippen LogP contribution in [0.3, 0.4) is 0 Å². The first-order chi connectivity index (χ1) is 17.2. The molecule has 0 spiro atoms. The van der Waals surface area contributed by atoms with Crippen LogP contribution in [0.1, 0.15) is 12.5 Å². The zero-order chi connectivity index (χ0) is 24.1. The molecule has 0 radical (unpaired) electrons. The molecule has 0 fully saturated rings. The van der Waals surface area contributed by atoms with Gasteiger partial charge in [0.15, 0.2) is 0 Å². The summed E-state index contributed by atoms with van der Waals surface area (Å²) in [4.78, 5) is 23.2. The molecule has 0 aromatic heterocycles. The highest BCUT2D eigenvalue weighted by atomic mass is 32.2. The molecular formula is C30H25N2OPS. The van der Waals surface area contributed by atoms with E-state index >= 15 is 0 Å². The van der Waals surface area contributed by atoms with Crippen molar-refractivity contribution >= 4 is 56.6 Å². The molecule has 0 unspecified atom stereocenters. The van der Waals surface area contributed by atoms with Gasteiger partial charge in [-0.25, -0.2) is 4.99 Å². The maximum absolute atomic E-state index is 13.9. The van der Waals surface area contributed by atoms with Crippen LogP contribution < -0.4 is 15.9 Å². The highest BCUT2D eigenvalue weighted by molar-refractivity contribution is 8.18. The molecular weight excluding hydrogens is 467 g/mol. The number of hydrogen-bond acceptors (Lipinski definition) is 3. The zero-order valence-corrected chi connectivity index (χ0v) is 21.1. The molecule has 3 nitrogen and oxygen atoms in total. The Morgan fingerprint density at radius 3 is 1.51 bits per heavy atom. The van der Waals surface area contributed by atoms with Crippen molar-refractivity contribution in [2.24, 2.45) is 9.98 Å². The van der Waals surface area contributed by atoms with E-state index in [1.807, 2.05) is 72.8 Å². The Morgan fingerprint density at radius 2 is 1.06 bits per heavy atom. The fraction of sp³-hybridized carbons (Fsp3) is 0.0667. The molecule has 1 heterocycles. The summed E-state index contributed by atoms with van der Waals surface area (Å²) in [5.74, 6) is 1.03. The molecule has 1 amide bonds. The summed E-state index contributed by atoms with van der Waals surface area (Å²) in [6, 6.07) is 41.5. The number of carbonyl (C=O) groups excluding carboxylic acids is 1. The number of nitrogens with zero attached hydrogens (tertiary/aromatic N) is 2. The first-order valence-electron chi connectivity index (χ1n) is 11.5. The van der Waals surface area contributed by atoms with E-state index < -0.39 is 6.89 Å². The van der Waals surface area contributed by atoms with Crippen LogP contribution in [-0.2, 0) is 10.5 Å². The third kappa shape index (κ3) is 4.60. The molecule has 0 atom stereocenters. The minimum atomic E-state index is -2.58. The van der Waals surface area contributed by atoms with Gasteiger partial charge in [0, 0.05) is 5.75 Å². The minimum Gasteiger partial charge on any atom is -0.267 e. The van der Waals surface area contributed by atoms with Crippen molar-refractivity contribution in [3.05, 3.63) is 127 Å². The highest BCUT2D eigenvalue weighted by Crippen LogP contribution is 2.48. The number of aliphatic imine (C=N–C) groups is 2. The monoisotopic (exact) mass is 492 g/mol. The van der Waals surface area contributed by atoms with E-state index in [0.29, 0.717) is 11.1 Å². The summed E-state index contributed by atoms with van der Waals surface area (Å²) in [7, 11) is 0. The van der Waals surface area contributed by atoms with Gasteiger partial charge in [-0.3, -0.25) is 4.79 Å². The fourth-order valence-corrected chi connectivity index (χ4v) is 10.1. The molecule has 5 heteroatoms. The largest absolute Gasteiger partial charge is 0.282 e. The van der Waals surface area contributed by atoms with E-state index in [-0.39, 0.29) is 5.91 Å². The number of rotatable bonds is 5. The SMILES string of the molecule is CC1=NC(=O)C(=P(c2ccccc2)(c2ccccc2)c2ccccc2)C(SCc2ccccc2)=N1. The smallest absolute Gasteiger partial charge is 0.267 e. The average Bonchev–Trinajstić information content (AvgIpc) is 2.91. The second-order valence-electron chi connectivity index (χ2n) is 8.18. The number of benzene rings is 4. The Kier molecular flexibility index (Phi) is 6.94. The van der Waals surface area contributed by atoms with Gasteiger partial charge in [0.05, 0.1) is 5.29 Å². The van der Waals surface area contributed by atoms with E-state index in [1.54, 1.807) is 18.7 Å². The predicted octanol–water partition coefficient (Wildman–Crippen LogP) is 5.44. The van der Waals surface area contributed by atoms with Crippen molar-refractivity contribution in [2.45, 2.75) is 12.7 Å². The summed E-state index contributed by atoms with van der Waals surface area (Å²) in [5.41, 5.74) is 1.19. The van der Waals surface area contributed by atoms with Gasteiger partial charge in [0.1, 0.15) is 10.9 Å². The molecule has 0 N–H and O–H groups in total. The summed E-state index contributed by atoms with van der Waals surface area (Å²) in [6.07, 6.45) is 0. The van der Waals surface area contributed by atoms with Crippen LogP contribution >= 0.6 is 18.6 Å². The normalized spacial score (nSPS) is 13.9. The second-order valence-corrected chi connectivity index (χ2v) is 12.5. The lowest BCUT2D eigenvalue weighted by molar-refractivity contribution is -0.111. The van der Waals surface area contributed by atoms with Crippen molar-refractivity contribution in [2.75, 3.05) is 0 Å². The van der Waals surface area contributed by atoms with Gasteiger partial charge in [-0.2, -0.15) is 4.99 Å². The maximum atomic E-state index is 13.9. The Labute approximate surface area is 210 Å². The summed E-state index contributed by atoms with van der Waals surface area (Å²) >= 11 is 1.62. The molecule has 4 aromatic carbocycles. The number of thioether (sulfide) groups is 1. The molecule has 1 aliphatic rings. The molecule has 0 aliphatic carbocycles. The van der Waals surface area contributed by atoms with Crippen molar-refractivity contribution in [1.29, 1.82) is 0 Å². The van der Waals surface area contributed by atoms with Gasteiger partial charge in [-0.1, -0.05) is 121 Å². The Hall–Kier alpha value is -3.46. The van der Waals surface area contributed by atoms with E-state index in [1.165, 1.54) is 5.56 Å². The second kappa shape index (κ2) is 10.4. The average molecular weight is 493 g/mol. The van der Waals surface area contributed by atoms with Crippen molar-refractivity contribution in [1.82, 2.24) is 0 Å². The molecule has 172 valence electrons. The number of carbonyl (C=O) groups is 1. The predicted molar refractivity (Wildman–Crippen MR) is 153 cm³/mol. The van der Waals surface area contributed by atoms with Gasteiger partial charge in [-0.05, 0) is 35.3 Å². The van der Waals surface area contributed by atoms with Crippen LogP contribution in [0.15, 0.2) is 131 Å². The van der Waals surface area contributed by atoms with Crippen LogP contribution in [0.25, 0.3) is 0 Å². The molecule has 0 bridgehead atoms. The quantitative estimate of drug-likeness (QED) is 0.348. The van der Waals surface area contributed by atoms with E-state index in [0.717, 1.165) is 26.7 Å². The number of hydrogen-bond donors (Lipinski definition) is 0. The topological polar surface area (TPSA) is 41.8 Å². The van der Waals surface area contributed by atoms with Crippen LogP contribution in [0.2, 0.25) is 0 Å². The molecule has 1 aliphatic heterocycles. The summed E-state index contributed by atoms with van der Waals surface area (Å²) in [5, 5.41) is 4.81. The first-order valence-corrected chi connectivity index (χ1v) is 14.3. The van der Waals surface area contributed by atoms with Gasteiger partial charge in [0.2, 0.25) is 0 Å². The minimum absolute atomic E-state index is 0.196. The maximum Gasteiger partial charge on any atom is 0.282 e. The molecule has 0 saturated carbocycles. The molecule has 35 heavy (non-hydrogen) atoms. The van der Waals surface area contributed by atoms with Crippen LogP contribution in [0.5, 0.6) is 0 Å². The number of amidine groups is 1. The molecule has 4 aromatic rings.